The molecule has 0 spiro atoms. The number of benzene rings is 2. The third-order valence-electron chi connectivity index (χ3n) is 4.17. The van der Waals surface area contributed by atoms with Crippen molar-refractivity contribution in [2.24, 2.45) is 0 Å². The highest BCUT2D eigenvalue weighted by molar-refractivity contribution is 5.80. The number of carboxylic acids is 1. The quantitative estimate of drug-likeness (QED) is 0.663. The number of carbonyl (C=O) groups is 2. The van der Waals surface area contributed by atoms with E-state index in [9.17, 15) is 14.7 Å². The van der Waals surface area contributed by atoms with Crippen LogP contribution in [0, 0.1) is 0 Å². The lowest BCUT2D eigenvalue weighted by Gasteiger charge is -2.25. The lowest BCUT2D eigenvalue weighted by Crippen LogP contribution is -2.42. The van der Waals surface area contributed by atoms with Crippen molar-refractivity contribution in [3.63, 3.8) is 0 Å². The molecule has 0 unspecified atom stereocenters. The van der Waals surface area contributed by atoms with Gasteiger partial charge in [-0.1, -0.05) is 36.4 Å². The Morgan fingerprint density at radius 3 is 2.64 bits per heavy atom. The van der Waals surface area contributed by atoms with Crippen LogP contribution in [0.15, 0.2) is 48.5 Å². The summed E-state index contributed by atoms with van der Waals surface area (Å²) in [5.74, 6) is -0.221. The maximum Gasteiger partial charge on any atom is 0.408 e. The first kappa shape index (κ1) is 19.5. The van der Waals surface area contributed by atoms with Crippen molar-refractivity contribution in [2.45, 2.75) is 25.2 Å². The Bertz CT molecular complexity index is 825. The van der Waals surface area contributed by atoms with Crippen LogP contribution >= 0.6 is 0 Å². The van der Waals surface area contributed by atoms with Crippen molar-refractivity contribution in [3.05, 3.63) is 59.7 Å². The number of carboxylic acid groups (broad SMARTS) is 1. The number of aliphatic hydroxyl groups excluding tert-OH is 1. The molecular weight excluding hydrogens is 366 g/mol. The second kappa shape index (κ2) is 9.09. The van der Waals surface area contributed by atoms with Crippen LogP contribution in [-0.2, 0) is 22.6 Å². The predicted molar refractivity (Wildman–Crippen MR) is 98.3 cm³/mol. The molecule has 3 N–H and O–H groups in total. The number of rotatable bonds is 7. The molecule has 8 nitrogen and oxygen atoms in total. The highest BCUT2D eigenvalue weighted by Gasteiger charge is 2.24. The Kier molecular flexibility index (Phi) is 6.33. The number of hydrogen-bond donors (Lipinski definition) is 3. The normalized spacial score (nSPS) is 16.1. The fourth-order valence-electron chi connectivity index (χ4n) is 2.72. The van der Waals surface area contributed by atoms with Crippen molar-refractivity contribution in [1.82, 2.24) is 5.32 Å². The number of carbonyl (C=O) groups excluding carboxylic acids is 1. The summed E-state index contributed by atoms with van der Waals surface area (Å²) < 4.78 is 16.2. The standard InChI is InChI=1S/C20H21NO7/c22-10-15-12-26-18-9-14(6-7-17(18)28-15)8-16(19(23)24)21-20(25)27-11-13-4-2-1-3-5-13/h1-7,9,15-16,22H,8,10-12H2,(H,21,25)(H,23,24)/t15-,16-/m0/s1. The lowest BCUT2D eigenvalue weighted by atomic mass is 10.1. The Labute approximate surface area is 161 Å². The number of aliphatic carboxylic acids is 1. The van der Waals surface area contributed by atoms with Crippen LogP contribution in [0.5, 0.6) is 11.5 Å². The molecule has 0 aromatic heterocycles. The number of hydrogen-bond acceptors (Lipinski definition) is 6. The van der Waals surface area contributed by atoms with E-state index >= 15 is 0 Å². The average Bonchev–Trinajstić information content (AvgIpc) is 2.72. The fourth-order valence-corrected chi connectivity index (χ4v) is 2.72. The SMILES string of the molecule is O=C(N[C@@H](Cc1ccc2c(c1)OC[C@H](CO)O2)C(=O)O)OCc1ccccc1. The van der Waals surface area contributed by atoms with Crippen LogP contribution in [-0.4, -0.2) is 47.6 Å². The largest absolute Gasteiger partial charge is 0.486 e. The number of fused-ring (bicyclic) bond motifs is 1. The van der Waals surface area contributed by atoms with E-state index in [2.05, 4.69) is 5.32 Å². The number of alkyl carbamates (subject to hydrolysis) is 1. The van der Waals surface area contributed by atoms with Gasteiger partial charge in [0, 0.05) is 6.42 Å². The van der Waals surface area contributed by atoms with Gasteiger partial charge in [0.1, 0.15) is 19.3 Å². The number of amides is 1. The zero-order chi connectivity index (χ0) is 19.9. The van der Waals surface area contributed by atoms with Gasteiger partial charge in [-0.25, -0.2) is 9.59 Å². The molecule has 1 heterocycles. The molecule has 2 aromatic rings. The minimum Gasteiger partial charge on any atom is -0.486 e. The minimum atomic E-state index is -1.17. The summed E-state index contributed by atoms with van der Waals surface area (Å²) in [6.07, 6.45) is -1.18. The van der Waals surface area contributed by atoms with Crippen LogP contribution in [0.25, 0.3) is 0 Å². The zero-order valence-electron chi connectivity index (χ0n) is 15.0. The summed E-state index contributed by atoms with van der Waals surface area (Å²) in [5, 5.41) is 20.9. The third kappa shape index (κ3) is 5.14. The first-order valence-electron chi connectivity index (χ1n) is 8.78. The van der Waals surface area contributed by atoms with Gasteiger partial charge in [0.2, 0.25) is 0 Å². The molecule has 0 saturated carbocycles. The lowest BCUT2D eigenvalue weighted by molar-refractivity contribution is -0.139. The van der Waals surface area contributed by atoms with Crippen LogP contribution in [0.4, 0.5) is 4.79 Å². The first-order valence-corrected chi connectivity index (χ1v) is 8.78. The summed E-state index contributed by atoms with van der Waals surface area (Å²) in [7, 11) is 0. The van der Waals surface area contributed by atoms with Gasteiger partial charge in [-0.2, -0.15) is 0 Å². The highest BCUT2D eigenvalue weighted by atomic mass is 16.6. The molecule has 148 valence electrons. The van der Waals surface area contributed by atoms with Gasteiger partial charge in [-0.3, -0.25) is 0 Å². The van der Waals surface area contributed by atoms with Gasteiger partial charge in [0.25, 0.3) is 0 Å². The van der Waals surface area contributed by atoms with E-state index in [0.717, 1.165) is 5.56 Å². The minimum absolute atomic E-state index is 0.0507. The topological polar surface area (TPSA) is 114 Å². The van der Waals surface area contributed by atoms with E-state index in [1.165, 1.54) is 0 Å². The van der Waals surface area contributed by atoms with Crippen molar-refractivity contribution >= 4 is 12.1 Å². The van der Waals surface area contributed by atoms with Gasteiger partial charge in [0.05, 0.1) is 6.61 Å². The van der Waals surface area contributed by atoms with Crippen molar-refractivity contribution in [2.75, 3.05) is 13.2 Å². The van der Waals surface area contributed by atoms with Crippen molar-refractivity contribution in [3.8, 4) is 11.5 Å². The van der Waals surface area contributed by atoms with E-state index in [1.54, 1.807) is 30.3 Å². The summed E-state index contributed by atoms with van der Waals surface area (Å²) in [5.41, 5.74) is 1.46. The monoisotopic (exact) mass is 387 g/mol. The molecule has 1 amide bonds. The van der Waals surface area contributed by atoms with Gasteiger partial charge in [-0.15, -0.1) is 0 Å². The molecule has 3 rings (SSSR count). The number of aliphatic hydroxyl groups is 1. The Morgan fingerprint density at radius 2 is 1.93 bits per heavy atom. The maximum absolute atomic E-state index is 12.0. The molecule has 2 aromatic carbocycles. The molecule has 0 saturated heterocycles. The smallest absolute Gasteiger partial charge is 0.408 e. The van der Waals surface area contributed by atoms with Gasteiger partial charge in [-0.05, 0) is 23.3 Å². The number of ether oxygens (including phenoxy) is 3. The molecule has 1 aliphatic heterocycles. The first-order chi connectivity index (χ1) is 13.5. The van der Waals surface area contributed by atoms with Crippen LogP contribution < -0.4 is 14.8 Å². The van der Waals surface area contributed by atoms with Crippen molar-refractivity contribution in [1.29, 1.82) is 0 Å². The number of nitrogens with one attached hydrogen (secondary N) is 1. The fraction of sp³-hybridized carbons (Fsp3) is 0.300. The van der Waals surface area contributed by atoms with E-state index in [4.69, 9.17) is 19.3 Å². The van der Waals surface area contributed by atoms with E-state index in [0.29, 0.717) is 17.1 Å². The van der Waals surface area contributed by atoms with Crippen molar-refractivity contribution < 1.29 is 34.0 Å². The van der Waals surface area contributed by atoms with Crippen LogP contribution in [0.1, 0.15) is 11.1 Å². The Balaban J connectivity index is 1.58. The average molecular weight is 387 g/mol. The van der Waals surface area contributed by atoms with E-state index < -0.39 is 24.2 Å². The zero-order valence-corrected chi connectivity index (χ0v) is 15.0. The van der Waals surface area contributed by atoms with E-state index in [-0.39, 0.29) is 26.2 Å². The molecule has 28 heavy (non-hydrogen) atoms. The molecule has 2 atom stereocenters. The molecule has 0 bridgehead atoms. The van der Waals surface area contributed by atoms with E-state index in [1.807, 2.05) is 18.2 Å². The summed E-state index contributed by atoms with van der Waals surface area (Å²) in [6.45, 7) is 0.103. The molecule has 1 aliphatic rings. The second-order valence-electron chi connectivity index (χ2n) is 6.32. The predicted octanol–water partition coefficient (Wildman–Crippen LogP) is 1.74. The summed E-state index contributed by atoms with van der Waals surface area (Å²) >= 11 is 0. The second-order valence-corrected chi connectivity index (χ2v) is 6.32. The maximum atomic E-state index is 12.0. The van der Waals surface area contributed by atoms with Gasteiger partial charge in [0.15, 0.2) is 17.6 Å². The van der Waals surface area contributed by atoms with Gasteiger partial charge < -0.3 is 29.7 Å². The summed E-state index contributed by atoms with van der Waals surface area (Å²) in [4.78, 5) is 23.5. The third-order valence-corrected chi connectivity index (χ3v) is 4.17. The molecule has 0 fully saturated rings. The highest BCUT2D eigenvalue weighted by Crippen LogP contribution is 2.32. The molecule has 0 aliphatic carbocycles. The molecule has 0 radical (unpaired) electrons. The Morgan fingerprint density at radius 1 is 1.14 bits per heavy atom. The van der Waals surface area contributed by atoms with Crippen LogP contribution in [0.3, 0.4) is 0 Å². The molecular formula is C20H21NO7. The molecule has 8 heteroatoms. The van der Waals surface area contributed by atoms with Crippen LogP contribution in [0.2, 0.25) is 0 Å². The Hall–Kier alpha value is -3.26. The van der Waals surface area contributed by atoms with Gasteiger partial charge >= 0.3 is 12.1 Å². The summed E-state index contributed by atoms with van der Waals surface area (Å²) in [6, 6.07) is 12.9.